The SMILES string of the molecule is CCCCCSc1nsnc1-c1ccc[n+](C)c1.[I-]. The van der Waals surface area contributed by atoms with Crippen molar-refractivity contribution in [3.63, 3.8) is 0 Å². The monoisotopic (exact) mass is 407 g/mol. The third-order valence-electron chi connectivity index (χ3n) is 2.66. The van der Waals surface area contributed by atoms with Crippen molar-refractivity contribution in [2.45, 2.75) is 31.2 Å². The Labute approximate surface area is 140 Å². The summed E-state index contributed by atoms with van der Waals surface area (Å²) in [6.45, 7) is 2.23. The lowest BCUT2D eigenvalue weighted by Gasteiger charge is -2.00. The van der Waals surface area contributed by atoms with Crippen LogP contribution in [-0.4, -0.2) is 14.5 Å². The van der Waals surface area contributed by atoms with Crippen molar-refractivity contribution in [1.82, 2.24) is 8.75 Å². The molecular formula is C13H18IN3S2. The summed E-state index contributed by atoms with van der Waals surface area (Å²) in [5.41, 5.74) is 2.17. The van der Waals surface area contributed by atoms with Crippen LogP contribution in [0.3, 0.4) is 0 Å². The molecule has 0 aliphatic heterocycles. The normalized spacial score (nSPS) is 10.2. The van der Waals surface area contributed by atoms with Crippen molar-refractivity contribution in [2.75, 3.05) is 5.75 Å². The van der Waals surface area contributed by atoms with Crippen molar-refractivity contribution in [3.8, 4) is 11.3 Å². The second kappa shape index (κ2) is 8.86. The summed E-state index contributed by atoms with van der Waals surface area (Å²) in [7, 11) is 2.03. The van der Waals surface area contributed by atoms with Gasteiger partial charge in [0.05, 0.1) is 17.3 Å². The molecule has 0 saturated heterocycles. The van der Waals surface area contributed by atoms with E-state index in [9.17, 15) is 0 Å². The molecule has 0 amide bonds. The first kappa shape index (κ1) is 16.8. The molecule has 0 spiro atoms. The molecule has 0 N–H and O–H groups in total. The fourth-order valence-corrected chi connectivity index (χ4v) is 3.39. The van der Waals surface area contributed by atoms with Crippen LogP contribution in [0.25, 0.3) is 11.3 Å². The maximum absolute atomic E-state index is 4.42. The van der Waals surface area contributed by atoms with Gasteiger partial charge in [-0.1, -0.05) is 19.8 Å². The van der Waals surface area contributed by atoms with Crippen LogP contribution in [0.2, 0.25) is 0 Å². The van der Waals surface area contributed by atoms with Crippen LogP contribution in [0, 0.1) is 0 Å². The van der Waals surface area contributed by atoms with E-state index in [2.05, 4.69) is 27.9 Å². The van der Waals surface area contributed by atoms with Crippen LogP contribution in [0.15, 0.2) is 29.6 Å². The van der Waals surface area contributed by atoms with Crippen LogP contribution in [0.5, 0.6) is 0 Å². The number of nitrogens with zero attached hydrogens (tertiary/aromatic N) is 3. The Bertz CT molecular complexity index is 502. The van der Waals surface area contributed by atoms with Gasteiger partial charge in [0.15, 0.2) is 12.4 Å². The molecule has 2 heterocycles. The molecule has 0 aliphatic carbocycles. The van der Waals surface area contributed by atoms with Gasteiger partial charge >= 0.3 is 0 Å². The summed E-state index contributed by atoms with van der Waals surface area (Å²) < 4.78 is 10.9. The van der Waals surface area contributed by atoms with Gasteiger partial charge in [0.2, 0.25) is 0 Å². The number of rotatable bonds is 6. The average molecular weight is 407 g/mol. The Morgan fingerprint density at radius 1 is 1.32 bits per heavy atom. The molecule has 2 aromatic rings. The highest BCUT2D eigenvalue weighted by Crippen LogP contribution is 2.29. The summed E-state index contributed by atoms with van der Waals surface area (Å²) in [6, 6.07) is 4.13. The summed E-state index contributed by atoms with van der Waals surface area (Å²) in [4.78, 5) is 0. The van der Waals surface area contributed by atoms with Crippen molar-refractivity contribution in [3.05, 3.63) is 24.5 Å². The molecule has 0 aliphatic rings. The second-order valence-electron chi connectivity index (χ2n) is 4.23. The maximum Gasteiger partial charge on any atom is 0.178 e. The molecule has 2 aromatic heterocycles. The highest BCUT2D eigenvalue weighted by Gasteiger charge is 2.13. The molecule has 6 heteroatoms. The van der Waals surface area contributed by atoms with Gasteiger partial charge < -0.3 is 24.0 Å². The van der Waals surface area contributed by atoms with Crippen molar-refractivity contribution < 1.29 is 28.5 Å². The predicted molar refractivity (Wildman–Crippen MR) is 76.8 cm³/mol. The molecule has 19 heavy (non-hydrogen) atoms. The van der Waals surface area contributed by atoms with Gasteiger partial charge in [-0.3, -0.25) is 0 Å². The molecule has 0 bridgehead atoms. The summed E-state index contributed by atoms with van der Waals surface area (Å²) in [6.07, 6.45) is 7.92. The van der Waals surface area contributed by atoms with Crippen molar-refractivity contribution in [1.29, 1.82) is 0 Å². The number of hydrogen-bond donors (Lipinski definition) is 0. The van der Waals surface area contributed by atoms with Crippen LogP contribution < -0.4 is 28.5 Å². The summed E-state index contributed by atoms with van der Waals surface area (Å²) in [5, 5.41) is 1.07. The molecular weight excluding hydrogens is 389 g/mol. The summed E-state index contributed by atoms with van der Waals surface area (Å²) in [5.74, 6) is 1.13. The molecule has 104 valence electrons. The number of aryl methyl sites for hydroxylation is 1. The van der Waals surface area contributed by atoms with Crippen LogP contribution in [0.4, 0.5) is 0 Å². The van der Waals surface area contributed by atoms with E-state index in [1.54, 1.807) is 0 Å². The molecule has 0 aromatic carbocycles. The van der Waals surface area contributed by atoms with Gasteiger partial charge in [-0.2, -0.15) is 8.75 Å². The number of halogens is 1. The maximum atomic E-state index is 4.42. The average Bonchev–Trinajstić information content (AvgIpc) is 2.83. The van der Waals surface area contributed by atoms with Gasteiger partial charge in [0, 0.05) is 6.07 Å². The molecule has 0 radical (unpaired) electrons. The minimum atomic E-state index is 0. The van der Waals surface area contributed by atoms with Crippen LogP contribution >= 0.6 is 23.5 Å². The molecule has 0 fully saturated rings. The Balaban J connectivity index is 0.00000180. The molecule has 0 saturated carbocycles. The number of aromatic nitrogens is 3. The lowest BCUT2D eigenvalue weighted by molar-refractivity contribution is -0.671. The largest absolute Gasteiger partial charge is 1.00 e. The van der Waals surface area contributed by atoms with Gasteiger partial charge in [-0.05, 0) is 18.2 Å². The Morgan fingerprint density at radius 2 is 2.16 bits per heavy atom. The van der Waals surface area contributed by atoms with Gasteiger partial charge in [0.25, 0.3) is 0 Å². The van der Waals surface area contributed by atoms with Gasteiger partial charge in [-0.25, -0.2) is 4.57 Å². The molecule has 2 rings (SSSR count). The lowest BCUT2D eigenvalue weighted by Crippen LogP contribution is -3.00. The third-order valence-corrected chi connectivity index (χ3v) is 4.35. The predicted octanol–water partition coefficient (Wildman–Crippen LogP) is 0.316. The van der Waals surface area contributed by atoms with E-state index in [4.69, 9.17) is 0 Å². The van der Waals surface area contributed by atoms with Crippen molar-refractivity contribution >= 4 is 23.5 Å². The number of hydrogen-bond acceptors (Lipinski definition) is 4. The third kappa shape index (κ3) is 5.00. The zero-order valence-electron chi connectivity index (χ0n) is 11.2. The number of pyridine rings is 1. The summed E-state index contributed by atoms with van der Waals surface area (Å²) >= 11 is 3.12. The van der Waals surface area contributed by atoms with E-state index in [0.29, 0.717) is 0 Å². The van der Waals surface area contributed by atoms with Crippen LogP contribution in [0.1, 0.15) is 26.2 Å². The molecule has 0 unspecified atom stereocenters. The van der Waals surface area contributed by atoms with E-state index >= 15 is 0 Å². The second-order valence-corrected chi connectivity index (χ2v) is 5.84. The zero-order chi connectivity index (χ0) is 12.8. The van der Waals surface area contributed by atoms with E-state index < -0.39 is 0 Å². The first-order valence-corrected chi connectivity index (χ1v) is 7.94. The lowest BCUT2D eigenvalue weighted by atomic mass is 10.2. The number of thioether (sulfide) groups is 1. The Morgan fingerprint density at radius 3 is 2.89 bits per heavy atom. The van der Waals surface area contributed by atoms with E-state index in [0.717, 1.165) is 22.0 Å². The zero-order valence-corrected chi connectivity index (χ0v) is 15.0. The number of unbranched alkanes of at least 4 members (excludes halogenated alkanes) is 2. The fourth-order valence-electron chi connectivity index (χ4n) is 1.70. The minimum absolute atomic E-state index is 0. The van der Waals surface area contributed by atoms with E-state index in [-0.39, 0.29) is 24.0 Å². The van der Waals surface area contributed by atoms with Gasteiger partial charge in [0.1, 0.15) is 17.8 Å². The molecule has 3 nitrogen and oxygen atoms in total. The standard InChI is InChI=1S/C13H18N3S2.HI/c1-3-4-5-9-17-13-12(14-18-15-13)11-7-6-8-16(2)10-11;/h6-8,10H,3-5,9H2,1-2H3;1H/q+1;/p-1. The Kier molecular flexibility index (Phi) is 7.86. The van der Waals surface area contributed by atoms with Crippen molar-refractivity contribution in [2.24, 2.45) is 7.05 Å². The quantitative estimate of drug-likeness (QED) is 0.299. The first-order chi connectivity index (χ1) is 8.81. The topological polar surface area (TPSA) is 29.7 Å². The minimum Gasteiger partial charge on any atom is -1.00 e. The van der Waals surface area contributed by atoms with E-state index in [1.165, 1.54) is 31.0 Å². The smallest absolute Gasteiger partial charge is 0.178 e. The highest BCUT2D eigenvalue weighted by atomic mass is 127. The van der Waals surface area contributed by atoms with E-state index in [1.807, 2.05) is 35.6 Å². The highest BCUT2D eigenvalue weighted by molar-refractivity contribution is 7.99. The van der Waals surface area contributed by atoms with Crippen LogP contribution in [-0.2, 0) is 7.05 Å². The molecule has 0 atom stereocenters. The Hall–Kier alpha value is -0.210. The first-order valence-electron chi connectivity index (χ1n) is 6.22. The van der Waals surface area contributed by atoms with Gasteiger partial charge in [-0.15, -0.1) is 11.8 Å². The fraction of sp³-hybridized carbons (Fsp3) is 0.462.